The number of nitrogens with zero attached hydrogens (tertiary/aromatic N) is 1. The van der Waals surface area contributed by atoms with Gasteiger partial charge in [0.2, 0.25) is 0 Å². The standard InChI is InChI=1S/C23H24N2O4/c1-5-17-14(2)18-9-8-16(13-19(18)25-23(17)27)24-22(26)11-7-15-6-10-20(28-3)21(12-15)29-4/h6-13,18H,5H2,1-4H3,(H,25,27)/b11-7-,24-16?. The SMILES string of the molecule is CCC1=C(C)C2C=CC(=NC(=O)/C=C\c3ccc(OC)c(OC)c3)C=C2NC1=O. The maximum atomic E-state index is 12.3. The zero-order valence-electron chi connectivity index (χ0n) is 17.0. The summed E-state index contributed by atoms with van der Waals surface area (Å²) in [7, 11) is 3.13. The predicted molar refractivity (Wildman–Crippen MR) is 113 cm³/mol. The fourth-order valence-electron chi connectivity index (χ4n) is 3.46. The van der Waals surface area contributed by atoms with Crippen molar-refractivity contribution in [2.24, 2.45) is 10.9 Å². The van der Waals surface area contributed by atoms with Gasteiger partial charge in [-0.2, -0.15) is 0 Å². The number of ether oxygens (including phenoxy) is 2. The average Bonchev–Trinajstić information content (AvgIpc) is 2.72. The van der Waals surface area contributed by atoms with Crippen LogP contribution in [0.1, 0.15) is 25.8 Å². The molecule has 1 unspecified atom stereocenters. The second-order valence-electron chi connectivity index (χ2n) is 6.73. The van der Waals surface area contributed by atoms with Crippen LogP contribution in [0.25, 0.3) is 6.08 Å². The Labute approximate surface area is 170 Å². The van der Waals surface area contributed by atoms with Gasteiger partial charge in [0.15, 0.2) is 11.5 Å². The fraction of sp³-hybridized carbons (Fsp3) is 0.261. The van der Waals surface area contributed by atoms with E-state index >= 15 is 0 Å². The number of nitrogens with one attached hydrogen (secondary N) is 1. The highest BCUT2D eigenvalue weighted by molar-refractivity contribution is 6.13. The molecule has 150 valence electrons. The maximum Gasteiger partial charge on any atom is 0.270 e. The highest BCUT2D eigenvalue weighted by Gasteiger charge is 2.28. The molecule has 1 aliphatic carbocycles. The normalized spacial score (nSPS) is 19.9. The zero-order chi connectivity index (χ0) is 21.0. The molecule has 0 bridgehead atoms. The molecule has 0 fully saturated rings. The molecule has 0 spiro atoms. The number of fused-ring (bicyclic) bond motifs is 1. The van der Waals surface area contributed by atoms with Gasteiger partial charge in [-0.15, -0.1) is 0 Å². The second kappa shape index (κ2) is 8.73. The summed E-state index contributed by atoms with van der Waals surface area (Å²) in [6.45, 7) is 3.94. The number of amides is 2. The Bertz CT molecular complexity index is 996. The summed E-state index contributed by atoms with van der Waals surface area (Å²) in [5.74, 6) is 0.761. The number of methoxy groups -OCH3 is 2. The molecule has 0 radical (unpaired) electrons. The van der Waals surface area contributed by atoms with Crippen LogP contribution in [-0.4, -0.2) is 31.7 Å². The molecule has 0 aromatic heterocycles. The third-order valence-electron chi connectivity index (χ3n) is 4.99. The lowest BCUT2D eigenvalue weighted by molar-refractivity contribution is -0.117. The minimum Gasteiger partial charge on any atom is -0.493 e. The molecule has 1 aliphatic heterocycles. The lowest BCUT2D eigenvalue weighted by Gasteiger charge is -2.29. The van der Waals surface area contributed by atoms with Crippen molar-refractivity contribution in [1.82, 2.24) is 5.32 Å². The van der Waals surface area contributed by atoms with E-state index in [0.29, 0.717) is 23.6 Å². The Kier molecular flexibility index (Phi) is 6.12. The molecule has 3 rings (SSSR count). The number of benzene rings is 1. The van der Waals surface area contributed by atoms with Crippen molar-refractivity contribution < 1.29 is 19.1 Å². The van der Waals surface area contributed by atoms with Crippen molar-refractivity contribution in [1.29, 1.82) is 0 Å². The molecule has 6 heteroatoms. The summed E-state index contributed by atoms with van der Waals surface area (Å²) in [6, 6.07) is 5.37. The highest BCUT2D eigenvalue weighted by atomic mass is 16.5. The van der Waals surface area contributed by atoms with E-state index in [9.17, 15) is 9.59 Å². The topological polar surface area (TPSA) is 77.0 Å². The van der Waals surface area contributed by atoms with E-state index in [1.165, 1.54) is 6.08 Å². The quantitative estimate of drug-likeness (QED) is 0.777. The van der Waals surface area contributed by atoms with Crippen molar-refractivity contribution in [3.63, 3.8) is 0 Å². The zero-order valence-corrected chi connectivity index (χ0v) is 17.0. The Morgan fingerprint density at radius 1 is 1.24 bits per heavy atom. The summed E-state index contributed by atoms with van der Waals surface area (Å²) in [5.41, 5.74) is 3.90. The number of hydrogen-bond acceptors (Lipinski definition) is 4. The first-order valence-corrected chi connectivity index (χ1v) is 9.40. The van der Waals surface area contributed by atoms with Crippen LogP contribution in [-0.2, 0) is 9.59 Å². The molecule has 1 atom stereocenters. The molecular formula is C23H24N2O4. The maximum absolute atomic E-state index is 12.3. The molecule has 0 saturated carbocycles. The number of carbonyl (C=O) groups excluding carboxylic acids is 2. The molecule has 2 aliphatic rings. The Balaban J connectivity index is 1.76. The summed E-state index contributed by atoms with van der Waals surface area (Å²) in [6.07, 6.45) is 9.27. The summed E-state index contributed by atoms with van der Waals surface area (Å²) in [5, 5.41) is 2.91. The van der Waals surface area contributed by atoms with Gasteiger partial charge in [0, 0.05) is 23.3 Å². The first kappa shape index (κ1) is 20.3. The molecule has 29 heavy (non-hydrogen) atoms. The van der Waals surface area contributed by atoms with Crippen LogP contribution in [0.4, 0.5) is 0 Å². The summed E-state index contributed by atoms with van der Waals surface area (Å²) in [4.78, 5) is 28.6. The fourth-order valence-corrected chi connectivity index (χ4v) is 3.46. The van der Waals surface area contributed by atoms with Gasteiger partial charge in [-0.3, -0.25) is 9.59 Å². The largest absolute Gasteiger partial charge is 0.493 e. The third-order valence-corrected chi connectivity index (χ3v) is 4.99. The Hall–Kier alpha value is -3.41. The van der Waals surface area contributed by atoms with Crippen LogP contribution in [0.15, 0.2) is 64.3 Å². The van der Waals surface area contributed by atoms with Gasteiger partial charge in [0.25, 0.3) is 11.8 Å². The van der Waals surface area contributed by atoms with Crippen molar-refractivity contribution >= 4 is 23.6 Å². The van der Waals surface area contributed by atoms with Crippen LogP contribution in [0.2, 0.25) is 0 Å². The lowest BCUT2D eigenvalue weighted by Crippen LogP contribution is -2.36. The van der Waals surface area contributed by atoms with Gasteiger partial charge >= 0.3 is 0 Å². The van der Waals surface area contributed by atoms with E-state index in [0.717, 1.165) is 22.4 Å². The molecule has 1 heterocycles. The van der Waals surface area contributed by atoms with Crippen LogP contribution >= 0.6 is 0 Å². The van der Waals surface area contributed by atoms with Crippen LogP contribution < -0.4 is 14.8 Å². The van der Waals surface area contributed by atoms with E-state index in [4.69, 9.17) is 9.47 Å². The van der Waals surface area contributed by atoms with Crippen LogP contribution in [0, 0.1) is 5.92 Å². The van der Waals surface area contributed by atoms with Crippen LogP contribution in [0.3, 0.4) is 0 Å². The number of carbonyl (C=O) groups is 2. The average molecular weight is 392 g/mol. The number of aliphatic imine (C=N–C) groups is 1. The molecule has 1 aromatic rings. The van der Waals surface area contributed by atoms with Gasteiger partial charge in [-0.25, -0.2) is 4.99 Å². The van der Waals surface area contributed by atoms with Crippen molar-refractivity contribution in [3.8, 4) is 11.5 Å². The van der Waals surface area contributed by atoms with E-state index in [-0.39, 0.29) is 11.8 Å². The predicted octanol–water partition coefficient (Wildman–Crippen LogP) is 3.61. The van der Waals surface area contributed by atoms with Crippen LogP contribution in [0.5, 0.6) is 11.5 Å². The van der Waals surface area contributed by atoms with Gasteiger partial charge in [0.05, 0.1) is 19.9 Å². The Morgan fingerprint density at radius 2 is 2.00 bits per heavy atom. The second-order valence-corrected chi connectivity index (χ2v) is 6.73. The molecule has 6 nitrogen and oxygen atoms in total. The minimum atomic E-state index is -0.390. The van der Waals surface area contributed by atoms with E-state index in [1.54, 1.807) is 38.5 Å². The molecule has 0 saturated heterocycles. The molecule has 1 N–H and O–H groups in total. The van der Waals surface area contributed by atoms with Crippen molar-refractivity contribution in [2.45, 2.75) is 20.3 Å². The van der Waals surface area contributed by atoms with Gasteiger partial charge in [-0.1, -0.05) is 24.6 Å². The minimum absolute atomic E-state index is 0.0269. The van der Waals surface area contributed by atoms with Gasteiger partial charge in [-0.05, 0) is 49.3 Å². The van der Waals surface area contributed by atoms with Crippen molar-refractivity contribution in [3.05, 3.63) is 64.9 Å². The van der Waals surface area contributed by atoms with Crippen molar-refractivity contribution in [2.75, 3.05) is 14.2 Å². The molecule has 2 amide bonds. The summed E-state index contributed by atoms with van der Waals surface area (Å²) >= 11 is 0. The van der Waals surface area contributed by atoms with E-state index < -0.39 is 5.91 Å². The smallest absolute Gasteiger partial charge is 0.270 e. The third kappa shape index (κ3) is 4.37. The number of rotatable bonds is 5. The van der Waals surface area contributed by atoms with E-state index in [1.807, 2.05) is 32.1 Å². The van der Waals surface area contributed by atoms with E-state index in [2.05, 4.69) is 10.3 Å². The Morgan fingerprint density at radius 3 is 2.69 bits per heavy atom. The lowest BCUT2D eigenvalue weighted by atomic mass is 9.84. The first-order valence-electron chi connectivity index (χ1n) is 9.40. The molecular weight excluding hydrogens is 368 g/mol. The number of hydrogen-bond donors (Lipinski definition) is 1. The first-order chi connectivity index (χ1) is 14.0. The summed E-state index contributed by atoms with van der Waals surface area (Å²) < 4.78 is 10.5. The van der Waals surface area contributed by atoms with Gasteiger partial charge < -0.3 is 14.8 Å². The highest BCUT2D eigenvalue weighted by Crippen LogP contribution is 2.31. The van der Waals surface area contributed by atoms with Gasteiger partial charge in [0.1, 0.15) is 0 Å². The number of allylic oxidation sites excluding steroid dienone is 3. The monoisotopic (exact) mass is 392 g/mol. The molecule has 1 aromatic carbocycles.